The second kappa shape index (κ2) is 5.03. The summed E-state index contributed by atoms with van der Waals surface area (Å²) in [7, 11) is 0. The molecule has 0 aliphatic rings. The predicted molar refractivity (Wildman–Crippen MR) is 60.0 cm³/mol. The van der Waals surface area contributed by atoms with Crippen molar-refractivity contribution < 1.29 is 18.3 Å². The minimum Gasteiger partial charge on any atom is -0.386 e. The molecule has 2 rings (SSSR count). The Morgan fingerprint density at radius 2 is 2.06 bits per heavy atom. The average molecular weight is 274 g/mol. The van der Waals surface area contributed by atoms with E-state index in [1.165, 1.54) is 17.4 Å². The van der Waals surface area contributed by atoms with Gasteiger partial charge < -0.3 is 5.11 Å². The number of rotatable bonds is 3. The van der Waals surface area contributed by atoms with Gasteiger partial charge in [-0.2, -0.15) is 13.2 Å². The predicted octanol–water partition coefficient (Wildman–Crippen LogP) is 2.83. The van der Waals surface area contributed by atoms with Gasteiger partial charge in [-0.1, -0.05) is 0 Å². The van der Waals surface area contributed by atoms with Crippen LogP contribution in [0.5, 0.6) is 0 Å². The van der Waals surface area contributed by atoms with Gasteiger partial charge in [0.05, 0.1) is 16.8 Å². The number of aliphatic hydroxyl groups is 1. The van der Waals surface area contributed by atoms with E-state index in [0.29, 0.717) is 6.42 Å². The zero-order valence-corrected chi connectivity index (χ0v) is 9.87. The maximum absolute atomic E-state index is 12.3. The molecule has 2 aromatic heterocycles. The first-order valence-electron chi connectivity index (χ1n) is 5.05. The topological polar surface area (TPSA) is 46.0 Å². The molecule has 0 aliphatic heterocycles. The van der Waals surface area contributed by atoms with Gasteiger partial charge in [0, 0.05) is 23.7 Å². The summed E-state index contributed by atoms with van der Waals surface area (Å²) < 4.78 is 37.0. The van der Waals surface area contributed by atoms with E-state index in [2.05, 4.69) is 9.97 Å². The molecule has 0 aromatic carbocycles. The Kier molecular flexibility index (Phi) is 3.63. The Morgan fingerprint density at radius 3 is 2.56 bits per heavy atom. The van der Waals surface area contributed by atoms with Crippen molar-refractivity contribution in [3.8, 4) is 0 Å². The van der Waals surface area contributed by atoms with Crippen molar-refractivity contribution in [3.05, 3.63) is 46.2 Å². The summed E-state index contributed by atoms with van der Waals surface area (Å²) in [5, 5.41) is 9.82. The molecule has 1 atom stereocenters. The smallest absolute Gasteiger partial charge is 0.386 e. The number of hydrogen-bond acceptors (Lipinski definition) is 4. The molecule has 96 valence electrons. The van der Waals surface area contributed by atoms with Gasteiger partial charge in [-0.25, -0.2) is 0 Å². The van der Waals surface area contributed by atoms with Crippen LogP contribution in [0.3, 0.4) is 0 Å². The van der Waals surface area contributed by atoms with Crippen LogP contribution in [0, 0.1) is 0 Å². The van der Waals surface area contributed by atoms with E-state index in [0.717, 1.165) is 17.1 Å². The van der Waals surface area contributed by atoms with Crippen LogP contribution in [-0.2, 0) is 12.6 Å². The third kappa shape index (κ3) is 3.05. The third-order valence-electron chi connectivity index (χ3n) is 2.33. The van der Waals surface area contributed by atoms with E-state index in [9.17, 15) is 18.3 Å². The van der Waals surface area contributed by atoms with Crippen molar-refractivity contribution in [2.24, 2.45) is 0 Å². The molecular weight excluding hydrogens is 265 g/mol. The Balaban J connectivity index is 2.10. The van der Waals surface area contributed by atoms with E-state index in [1.807, 2.05) is 0 Å². The molecule has 0 saturated heterocycles. The Bertz CT molecular complexity index is 496. The first-order chi connectivity index (χ1) is 8.47. The molecule has 18 heavy (non-hydrogen) atoms. The Labute approximate surface area is 105 Å². The Hall–Kier alpha value is -1.47. The number of aliphatic hydroxyl groups excluding tert-OH is 1. The molecule has 0 radical (unpaired) electrons. The van der Waals surface area contributed by atoms with E-state index in [-0.39, 0.29) is 5.69 Å². The van der Waals surface area contributed by atoms with Crippen molar-refractivity contribution in [1.29, 1.82) is 0 Å². The van der Waals surface area contributed by atoms with Crippen LogP contribution in [0.2, 0.25) is 0 Å². The second-order valence-electron chi connectivity index (χ2n) is 3.66. The van der Waals surface area contributed by atoms with Crippen LogP contribution in [0.25, 0.3) is 0 Å². The van der Waals surface area contributed by atoms with E-state index < -0.39 is 17.8 Å². The molecule has 1 unspecified atom stereocenters. The molecule has 3 nitrogen and oxygen atoms in total. The van der Waals surface area contributed by atoms with Crippen LogP contribution in [0.1, 0.15) is 22.2 Å². The molecule has 0 saturated carbocycles. The average Bonchev–Trinajstić information content (AvgIpc) is 2.81. The van der Waals surface area contributed by atoms with Gasteiger partial charge in [0.15, 0.2) is 0 Å². The van der Waals surface area contributed by atoms with E-state index in [1.54, 1.807) is 11.7 Å². The van der Waals surface area contributed by atoms with Crippen LogP contribution in [0.15, 0.2) is 30.0 Å². The first kappa shape index (κ1) is 13.0. The summed E-state index contributed by atoms with van der Waals surface area (Å²) in [6, 6.07) is 2.10. The van der Waals surface area contributed by atoms with E-state index in [4.69, 9.17) is 0 Å². The Morgan fingerprint density at radius 1 is 1.28 bits per heavy atom. The molecule has 0 fully saturated rings. The van der Waals surface area contributed by atoms with Gasteiger partial charge >= 0.3 is 6.18 Å². The minimum absolute atomic E-state index is 0.219. The van der Waals surface area contributed by atoms with Crippen molar-refractivity contribution in [1.82, 2.24) is 9.97 Å². The number of aromatic nitrogens is 2. The summed E-state index contributed by atoms with van der Waals surface area (Å²) in [4.78, 5) is 8.34. The lowest BCUT2D eigenvalue weighted by atomic mass is 10.1. The van der Waals surface area contributed by atoms with Crippen molar-refractivity contribution in [2.45, 2.75) is 18.7 Å². The van der Waals surface area contributed by atoms with Crippen LogP contribution in [-0.4, -0.2) is 15.1 Å². The fraction of sp³-hybridized carbons (Fsp3) is 0.273. The van der Waals surface area contributed by atoms with Crippen molar-refractivity contribution in [3.63, 3.8) is 0 Å². The quantitative estimate of drug-likeness (QED) is 0.936. The van der Waals surface area contributed by atoms with Gasteiger partial charge in [0.1, 0.15) is 6.10 Å². The molecule has 0 bridgehead atoms. The maximum Gasteiger partial charge on any atom is 0.417 e. The maximum atomic E-state index is 12.3. The van der Waals surface area contributed by atoms with Gasteiger partial charge in [-0.15, -0.1) is 11.3 Å². The number of thiazole rings is 1. The molecule has 0 amide bonds. The lowest BCUT2D eigenvalue weighted by molar-refractivity contribution is -0.137. The molecule has 2 heterocycles. The third-order valence-corrected chi connectivity index (χ3v) is 3.14. The van der Waals surface area contributed by atoms with Crippen LogP contribution >= 0.6 is 11.3 Å². The highest BCUT2D eigenvalue weighted by Gasteiger charge is 2.30. The second-order valence-corrected chi connectivity index (χ2v) is 4.63. The summed E-state index contributed by atoms with van der Waals surface area (Å²) in [6.45, 7) is 0. The lowest BCUT2D eigenvalue weighted by Crippen LogP contribution is -2.08. The van der Waals surface area contributed by atoms with Gasteiger partial charge in [0.2, 0.25) is 0 Å². The SMILES string of the molecule is OC(Cc1cncs1)c1ccc(C(F)(F)F)cn1. The number of hydrogen-bond donors (Lipinski definition) is 1. The highest BCUT2D eigenvalue weighted by Crippen LogP contribution is 2.29. The monoisotopic (exact) mass is 274 g/mol. The standard InChI is InChI=1S/C11H9F3N2OS/c12-11(13,14)7-1-2-9(16-4-7)10(17)3-8-5-15-6-18-8/h1-2,4-6,10,17H,3H2. The highest BCUT2D eigenvalue weighted by molar-refractivity contribution is 7.09. The molecule has 0 spiro atoms. The number of pyridine rings is 1. The van der Waals surface area contributed by atoms with E-state index >= 15 is 0 Å². The highest BCUT2D eigenvalue weighted by atomic mass is 32.1. The zero-order valence-electron chi connectivity index (χ0n) is 9.05. The van der Waals surface area contributed by atoms with Gasteiger partial charge in [-0.05, 0) is 12.1 Å². The fourth-order valence-corrected chi connectivity index (χ4v) is 2.04. The first-order valence-corrected chi connectivity index (χ1v) is 5.93. The molecular formula is C11H9F3N2OS. The zero-order chi connectivity index (χ0) is 13.2. The fourth-order valence-electron chi connectivity index (χ4n) is 1.41. The number of alkyl halides is 3. The van der Waals surface area contributed by atoms with Gasteiger partial charge in [0.25, 0.3) is 0 Å². The molecule has 7 heteroatoms. The summed E-state index contributed by atoms with van der Waals surface area (Å²) >= 11 is 1.37. The minimum atomic E-state index is -4.41. The molecule has 1 N–H and O–H groups in total. The normalized spacial score (nSPS) is 13.6. The van der Waals surface area contributed by atoms with Crippen LogP contribution in [0.4, 0.5) is 13.2 Å². The molecule has 2 aromatic rings. The number of nitrogens with zero attached hydrogens (tertiary/aromatic N) is 2. The summed E-state index contributed by atoms with van der Waals surface area (Å²) in [5.41, 5.74) is 1.02. The van der Waals surface area contributed by atoms with Crippen molar-refractivity contribution in [2.75, 3.05) is 0 Å². The van der Waals surface area contributed by atoms with Gasteiger partial charge in [-0.3, -0.25) is 9.97 Å². The lowest BCUT2D eigenvalue weighted by Gasteiger charge is -2.10. The number of halogens is 3. The summed E-state index contributed by atoms with van der Waals surface area (Å²) in [5.74, 6) is 0. The summed E-state index contributed by atoms with van der Waals surface area (Å²) in [6.07, 6.45) is -2.70. The van der Waals surface area contributed by atoms with Crippen LogP contribution < -0.4 is 0 Å². The largest absolute Gasteiger partial charge is 0.417 e. The molecule has 0 aliphatic carbocycles. The van der Waals surface area contributed by atoms with Crippen molar-refractivity contribution >= 4 is 11.3 Å².